The number of unbranched alkanes of at least 4 members (excludes halogenated alkanes) is 2. The molecule has 4 aromatic carbocycles. The van der Waals surface area contributed by atoms with Gasteiger partial charge in [-0.25, -0.2) is 0 Å². The van der Waals surface area contributed by atoms with Crippen LogP contribution in [0.5, 0.6) is 23.0 Å². The van der Waals surface area contributed by atoms with Gasteiger partial charge >= 0.3 is 0 Å². The molecule has 1 aliphatic carbocycles. The van der Waals surface area contributed by atoms with E-state index in [0.29, 0.717) is 90.5 Å². The number of hydrogen-bond acceptors (Lipinski definition) is 10. The predicted octanol–water partition coefficient (Wildman–Crippen LogP) is 11.7. The summed E-state index contributed by atoms with van der Waals surface area (Å²) in [6.45, 7) is 37.6. The van der Waals surface area contributed by atoms with Crippen LogP contribution in [-0.4, -0.2) is 124 Å². The molecule has 2 saturated heterocycles. The third kappa shape index (κ3) is 17.9. The van der Waals surface area contributed by atoms with Crippen molar-refractivity contribution in [3.63, 3.8) is 0 Å². The van der Waals surface area contributed by atoms with E-state index >= 15 is 0 Å². The molecule has 12 heteroatoms. The Labute approximate surface area is 481 Å². The van der Waals surface area contributed by atoms with Crippen LogP contribution in [-0.2, 0) is 66.4 Å². The Morgan fingerprint density at radius 3 is 0.988 bits per heavy atom. The van der Waals surface area contributed by atoms with Gasteiger partial charge in [0.25, 0.3) is 0 Å². The summed E-state index contributed by atoms with van der Waals surface area (Å²) in [5.74, 6) is 2.17. The van der Waals surface area contributed by atoms with Crippen LogP contribution >= 0.6 is 0 Å². The maximum atomic E-state index is 13.0. The molecule has 2 amide bonds. The molecule has 80 heavy (non-hydrogen) atoms. The highest BCUT2D eigenvalue weighted by molar-refractivity contribution is 5.76. The molecule has 7 rings (SSSR count). The van der Waals surface area contributed by atoms with Crippen LogP contribution in [0.25, 0.3) is 0 Å². The number of morpholine rings is 2. The molecule has 4 N–H and O–H groups in total. The highest BCUT2D eigenvalue weighted by atomic mass is 16.5. The van der Waals surface area contributed by atoms with Crippen molar-refractivity contribution in [3.05, 3.63) is 115 Å². The fourth-order valence-electron chi connectivity index (χ4n) is 11.0. The van der Waals surface area contributed by atoms with Crippen molar-refractivity contribution in [3.8, 4) is 23.0 Å². The number of phenolic OH excluding ortho intramolecular Hbond substituents is 2. The second-order valence-corrected chi connectivity index (χ2v) is 27.2. The summed E-state index contributed by atoms with van der Waals surface area (Å²) in [5.41, 5.74) is 10.8. The van der Waals surface area contributed by atoms with Gasteiger partial charge in [-0.1, -0.05) is 132 Å². The number of hydrogen-bond donors (Lipinski definition) is 4. The molecule has 0 atom stereocenters. The summed E-state index contributed by atoms with van der Waals surface area (Å²) >= 11 is 0. The van der Waals surface area contributed by atoms with Crippen LogP contribution < -0.4 is 20.1 Å². The van der Waals surface area contributed by atoms with Crippen molar-refractivity contribution in [1.29, 1.82) is 0 Å². The van der Waals surface area contributed by atoms with Crippen LogP contribution in [0.15, 0.2) is 48.5 Å². The van der Waals surface area contributed by atoms with Crippen molar-refractivity contribution < 1.29 is 38.7 Å². The maximum absolute atomic E-state index is 13.0. The first-order valence-corrected chi connectivity index (χ1v) is 30.3. The molecule has 4 aromatic rings. The van der Waals surface area contributed by atoms with Crippen LogP contribution in [0, 0.1) is 0 Å². The zero-order valence-corrected chi connectivity index (χ0v) is 51.2. The van der Waals surface area contributed by atoms with Crippen LogP contribution in [0.2, 0.25) is 0 Å². The predicted molar refractivity (Wildman–Crippen MR) is 324 cm³/mol. The number of fused-ring (bicyclic) bond motifs is 8. The van der Waals surface area contributed by atoms with E-state index in [2.05, 4.69) is 152 Å². The number of carbonyl (C=O) groups excluding carboxylic acids is 2. The Kier molecular flexibility index (Phi) is 21.7. The monoisotopic (exact) mass is 1100 g/mol. The van der Waals surface area contributed by atoms with Gasteiger partial charge in [0.1, 0.15) is 23.0 Å². The van der Waals surface area contributed by atoms with E-state index in [9.17, 15) is 19.8 Å². The maximum Gasteiger partial charge on any atom is 0.219 e. The van der Waals surface area contributed by atoms with Gasteiger partial charge in [0.15, 0.2) is 0 Å². The average molecular weight is 1100 g/mol. The summed E-state index contributed by atoms with van der Waals surface area (Å²) in [7, 11) is 0. The molecule has 0 unspecified atom stereocenters. The molecule has 8 bridgehead atoms. The minimum Gasteiger partial charge on any atom is -0.507 e. The first-order valence-electron chi connectivity index (χ1n) is 30.3. The zero-order valence-electron chi connectivity index (χ0n) is 51.2. The van der Waals surface area contributed by atoms with Gasteiger partial charge in [-0.2, -0.15) is 0 Å². The average Bonchev–Trinajstić information content (AvgIpc) is 3.38. The van der Waals surface area contributed by atoms with Crippen molar-refractivity contribution >= 4 is 11.8 Å². The topological polar surface area (TPSA) is 142 Å². The fraction of sp³-hybridized carbons (Fsp3) is 0.618. The Balaban J connectivity index is 1.23. The standard InChI is InChI=1S/C68H100N4O8/c1-65(2,3)55-39-47-35-51-43-57(67(7,8)9)45-53(63(51)79-29-15-13-19-59(73)69-21-17-23-71-25-31-77-32-26-71)37-49-41-56(66(4,5)6)42-50(62(49)76)38-54-46-58(68(10,11)12)44-52(36-48(40-55)61(47)75)64(54)80-30-16-14-20-60(74)70-22-18-24-72-27-33-78-34-28-72/h39-46,75-76H,13-38H2,1-12H3,(H,69,73)(H,70,74). The molecular weight excluding hydrogens is 1000 g/mol. The molecule has 440 valence electrons. The van der Waals surface area contributed by atoms with E-state index in [1.54, 1.807) is 0 Å². The number of amides is 2. The first-order chi connectivity index (χ1) is 37.8. The lowest BCUT2D eigenvalue weighted by molar-refractivity contribution is -0.122. The Morgan fingerprint density at radius 2 is 0.713 bits per heavy atom. The van der Waals surface area contributed by atoms with Gasteiger partial charge in [0.05, 0.1) is 39.6 Å². The number of ether oxygens (including phenoxy) is 4. The van der Waals surface area contributed by atoms with Crippen LogP contribution in [0.4, 0.5) is 0 Å². The van der Waals surface area contributed by atoms with Gasteiger partial charge < -0.3 is 39.8 Å². The van der Waals surface area contributed by atoms with Gasteiger partial charge in [0.2, 0.25) is 11.8 Å². The van der Waals surface area contributed by atoms with E-state index < -0.39 is 0 Å². The summed E-state index contributed by atoms with van der Waals surface area (Å²) in [6, 6.07) is 17.7. The molecule has 0 spiro atoms. The lowest BCUT2D eigenvalue weighted by Gasteiger charge is -2.28. The molecule has 2 heterocycles. The zero-order chi connectivity index (χ0) is 57.8. The minimum atomic E-state index is -0.234. The SMILES string of the molecule is CC(C)(C)c1cc2c(O)c(c1)Cc1cc(C(C)(C)C)cc(c1OCCCCC(=O)NCCCN1CCOCC1)Cc1cc(C(C)(C)C)cc(c1O)Cc1cc(C(C)(C)C)cc(c1OCCCCC(=O)NCCCN1CCOCC1)C2. The number of aromatic hydroxyl groups is 2. The summed E-state index contributed by atoms with van der Waals surface area (Å²) in [4.78, 5) is 30.8. The van der Waals surface area contributed by atoms with Crippen LogP contribution in [0.1, 0.15) is 201 Å². The third-order valence-electron chi connectivity index (χ3n) is 16.3. The van der Waals surface area contributed by atoms with Gasteiger partial charge in [-0.15, -0.1) is 0 Å². The molecule has 0 saturated carbocycles. The van der Waals surface area contributed by atoms with E-state index in [1.807, 2.05) is 0 Å². The number of nitrogens with one attached hydrogen (secondary N) is 2. The van der Waals surface area contributed by atoms with Crippen molar-refractivity contribution in [1.82, 2.24) is 20.4 Å². The second kappa shape index (κ2) is 27.8. The van der Waals surface area contributed by atoms with Crippen molar-refractivity contribution in [2.75, 3.05) is 92.0 Å². The van der Waals surface area contributed by atoms with Crippen molar-refractivity contribution in [2.45, 2.75) is 182 Å². The second-order valence-electron chi connectivity index (χ2n) is 27.2. The van der Waals surface area contributed by atoms with Gasteiger partial charge in [0, 0.05) is 77.8 Å². The third-order valence-corrected chi connectivity index (χ3v) is 16.3. The molecular formula is C68H100N4O8. The highest BCUT2D eigenvalue weighted by Crippen LogP contribution is 2.44. The quantitative estimate of drug-likeness (QED) is 0.0557. The van der Waals surface area contributed by atoms with E-state index in [-0.39, 0.29) is 45.0 Å². The van der Waals surface area contributed by atoms with Crippen LogP contribution in [0.3, 0.4) is 0 Å². The number of rotatable bonds is 20. The first kappa shape index (κ1) is 62.5. The lowest BCUT2D eigenvalue weighted by Crippen LogP contribution is -2.38. The lowest BCUT2D eigenvalue weighted by atomic mass is 9.79. The van der Waals surface area contributed by atoms with E-state index in [4.69, 9.17) is 18.9 Å². The summed E-state index contributed by atoms with van der Waals surface area (Å²) in [6.07, 6.45) is 7.10. The normalized spacial score (nSPS) is 15.8. The van der Waals surface area contributed by atoms with Crippen molar-refractivity contribution in [2.24, 2.45) is 0 Å². The molecule has 3 aliphatic rings. The van der Waals surface area contributed by atoms with E-state index in [1.165, 1.54) is 0 Å². The van der Waals surface area contributed by atoms with Gasteiger partial charge in [-0.05, 0) is 140 Å². The van der Waals surface area contributed by atoms with Gasteiger partial charge in [-0.3, -0.25) is 19.4 Å². The number of carbonyl (C=O) groups is 2. The Hall–Kier alpha value is -5.14. The number of benzene rings is 4. The number of nitrogens with zero attached hydrogens (tertiary/aromatic N) is 2. The Bertz CT molecular complexity index is 2430. The molecule has 2 aliphatic heterocycles. The molecule has 0 aromatic heterocycles. The fourth-order valence-corrected chi connectivity index (χ4v) is 11.0. The highest BCUT2D eigenvalue weighted by Gasteiger charge is 2.29. The molecule has 12 nitrogen and oxygen atoms in total. The smallest absolute Gasteiger partial charge is 0.219 e. The summed E-state index contributed by atoms with van der Waals surface area (Å²) < 4.78 is 25.0. The summed E-state index contributed by atoms with van der Waals surface area (Å²) in [5, 5.41) is 31.8. The molecule has 2 fully saturated rings. The van der Waals surface area contributed by atoms with E-state index in [0.717, 1.165) is 157 Å². The molecule has 0 radical (unpaired) electrons. The number of phenols is 2. The largest absolute Gasteiger partial charge is 0.507 e. The Morgan fingerprint density at radius 1 is 0.438 bits per heavy atom. The minimum absolute atomic E-state index is 0.0630.